The summed E-state index contributed by atoms with van der Waals surface area (Å²) in [5.41, 5.74) is 6.31. The number of nitrogens with two attached hydrogens (primary N) is 1. The van der Waals surface area contributed by atoms with Crippen molar-refractivity contribution in [3.05, 3.63) is 0 Å². The molecule has 5 nitrogen and oxygen atoms in total. The van der Waals surface area contributed by atoms with Gasteiger partial charge in [0.1, 0.15) is 0 Å². The Morgan fingerprint density at radius 2 is 1.61 bits per heavy atom. The van der Waals surface area contributed by atoms with Gasteiger partial charge in [0, 0.05) is 38.1 Å². The van der Waals surface area contributed by atoms with Crippen molar-refractivity contribution in [1.82, 2.24) is 9.80 Å². The van der Waals surface area contributed by atoms with Crippen molar-refractivity contribution in [2.24, 2.45) is 29.4 Å². The van der Waals surface area contributed by atoms with Gasteiger partial charge < -0.3 is 15.5 Å². The smallest absolute Gasteiger partial charge is 0.227 e. The molecule has 2 saturated carbocycles. The van der Waals surface area contributed by atoms with Crippen molar-refractivity contribution in [1.29, 1.82) is 0 Å². The lowest BCUT2D eigenvalue weighted by molar-refractivity contribution is -0.139. The minimum Gasteiger partial charge on any atom is -0.341 e. The fourth-order valence-electron chi connectivity index (χ4n) is 4.64. The molecule has 2 amide bonds. The molecule has 3 rings (SSSR count). The molecule has 132 valence electrons. The van der Waals surface area contributed by atoms with Crippen LogP contribution in [0.25, 0.3) is 0 Å². The van der Waals surface area contributed by atoms with Crippen molar-refractivity contribution in [2.45, 2.75) is 45.6 Å². The maximum absolute atomic E-state index is 12.9. The van der Waals surface area contributed by atoms with Crippen molar-refractivity contribution in [2.75, 3.05) is 26.2 Å². The topological polar surface area (TPSA) is 66.6 Å². The largest absolute Gasteiger partial charge is 0.341 e. The van der Waals surface area contributed by atoms with E-state index in [-0.39, 0.29) is 42.1 Å². The first-order valence-corrected chi connectivity index (χ1v) is 8.82. The number of carbonyl (C=O) groups excluding carboxylic acids is 2. The van der Waals surface area contributed by atoms with Crippen LogP contribution in [0.5, 0.6) is 0 Å². The SMILES string of the molecule is CC(C)C(=O)N1CCCN(C(=O)C2C3CCC(C3)C2N)CC1.Cl. The minimum atomic E-state index is 0. The second-order valence-corrected chi connectivity index (χ2v) is 7.60. The Bertz CT molecular complexity index is 455. The van der Waals surface area contributed by atoms with E-state index in [1.54, 1.807) is 0 Å². The van der Waals surface area contributed by atoms with Gasteiger partial charge in [-0.15, -0.1) is 12.4 Å². The molecule has 0 spiro atoms. The third-order valence-corrected chi connectivity index (χ3v) is 5.88. The highest BCUT2D eigenvalue weighted by atomic mass is 35.5. The number of hydrogen-bond acceptors (Lipinski definition) is 3. The molecular formula is C17H30ClN3O2. The van der Waals surface area contributed by atoms with E-state index in [1.807, 2.05) is 23.6 Å². The Balaban J connectivity index is 0.00000192. The summed E-state index contributed by atoms with van der Waals surface area (Å²) in [6.45, 7) is 6.73. The van der Waals surface area contributed by atoms with Crippen LogP contribution in [0.2, 0.25) is 0 Å². The zero-order valence-corrected chi connectivity index (χ0v) is 15.1. The molecule has 0 aromatic carbocycles. The van der Waals surface area contributed by atoms with Gasteiger partial charge >= 0.3 is 0 Å². The highest BCUT2D eigenvalue weighted by molar-refractivity contribution is 5.85. The summed E-state index contributed by atoms with van der Waals surface area (Å²) in [6, 6.07) is 0.0582. The van der Waals surface area contributed by atoms with E-state index in [0.29, 0.717) is 24.9 Å². The van der Waals surface area contributed by atoms with Crippen molar-refractivity contribution >= 4 is 24.2 Å². The lowest BCUT2D eigenvalue weighted by Gasteiger charge is -2.32. The number of hydrogen-bond donors (Lipinski definition) is 1. The molecule has 1 heterocycles. The first kappa shape index (κ1) is 18.5. The molecular weight excluding hydrogens is 314 g/mol. The zero-order chi connectivity index (χ0) is 15.9. The van der Waals surface area contributed by atoms with Crippen LogP contribution in [0.1, 0.15) is 39.5 Å². The first-order valence-electron chi connectivity index (χ1n) is 8.82. The Morgan fingerprint density at radius 3 is 2.22 bits per heavy atom. The van der Waals surface area contributed by atoms with Gasteiger partial charge in [-0.3, -0.25) is 9.59 Å². The van der Waals surface area contributed by atoms with Crippen LogP contribution in [-0.4, -0.2) is 53.8 Å². The molecule has 4 atom stereocenters. The summed E-state index contributed by atoms with van der Waals surface area (Å²) in [4.78, 5) is 28.9. The predicted octanol–water partition coefficient (Wildman–Crippen LogP) is 1.50. The standard InChI is InChI=1S/C17H29N3O2.ClH/c1-11(2)16(21)19-6-3-7-20(9-8-19)17(22)14-12-4-5-13(10-12)15(14)18;/h11-15H,3-10,18H2,1-2H3;1H. The molecule has 1 aliphatic heterocycles. The van der Waals surface area contributed by atoms with Crippen LogP contribution in [0, 0.1) is 23.7 Å². The minimum absolute atomic E-state index is 0. The Hall–Kier alpha value is -0.810. The van der Waals surface area contributed by atoms with Gasteiger partial charge in [0.15, 0.2) is 0 Å². The molecule has 23 heavy (non-hydrogen) atoms. The molecule has 0 aromatic rings. The summed E-state index contributed by atoms with van der Waals surface area (Å²) < 4.78 is 0. The normalized spacial score (nSPS) is 33.6. The van der Waals surface area contributed by atoms with Crippen LogP contribution in [0.3, 0.4) is 0 Å². The van der Waals surface area contributed by atoms with Crippen LogP contribution in [-0.2, 0) is 9.59 Å². The van der Waals surface area contributed by atoms with E-state index in [9.17, 15) is 9.59 Å². The average Bonchev–Trinajstić information content (AvgIpc) is 2.98. The fourth-order valence-corrected chi connectivity index (χ4v) is 4.64. The van der Waals surface area contributed by atoms with Gasteiger partial charge in [-0.25, -0.2) is 0 Å². The molecule has 0 radical (unpaired) electrons. The monoisotopic (exact) mass is 343 g/mol. The summed E-state index contributed by atoms with van der Waals surface area (Å²) >= 11 is 0. The lowest BCUT2D eigenvalue weighted by atomic mass is 9.84. The van der Waals surface area contributed by atoms with Crippen molar-refractivity contribution in [3.63, 3.8) is 0 Å². The van der Waals surface area contributed by atoms with E-state index in [1.165, 1.54) is 12.8 Å². The summed E-state index contributed by atoms with van der Waals surface area (Å²) in [5, 5.41) is 0. The summed E-state index contributed by atoms with van der Waals surface area (Å²) in [5.74, 6) is 1.57. The third kappa shape index (κ3) is 3.50. The molecule has 2 N–H and O–H groups in total. The predicted molar refractivity (Wildman–Crippen MR) is 92.2 cm³/mol. The van der Waals surface area contributed by atoms with Gasteiger partial charge in [0.2, 0.25) is 11.8 Å². The maximum Gasteiger partial charge on any atom is 0.227 e. The Kier molecular flexibility index (Phi) is 5.95. The fraction of sp³-hybridized carbons (Fsp3) is 0.882. The summed E-state index contributed by atoms with van der Waals surface area (Å²) in [6.07, 6.45) is 4.39. The molecule has 6 heteroatoms. The van der Waals surface area contributed by atoms with Gasteiger partial charge in [-0.05, 0) is 37.5 Å². The number of halogens is 1. The molecule has 3 fully saturated rings. The van der Waals surface area contributed by atoms with Crippen LogP contribution >= 0.6 is 12.4 Å². The zero-order valence-electron chi connectivity index (χ0n) is 14.2. The van der Waals surface area contributed by atoms with E-state index in [4.69, 9.17) is 5.73 Å². The van der Waals surface area contributed by atoms with E-state index >= 15 is 0 Å². The van der Waals surface area contributed by atoms with Gasteiger partial charge in [-0.1, -0.05) is 13.8 Å². The number of amides is 2. The molecule has 1 saturated heterocycles. The van der Waals surface area contributed by atoms with Crippen molar-refractivity contribution < 1.29 is 9.59 Å². The third-order valence-electron chi connectivity index (χ3n) is 5.88. The van der Waals surface area contributed by atoms with E-state index in [0.717, 1.165) is 25.9 Å². The summed E-state index contributed by atoms with van der Waals surface area (Å²) in [7, 11) is 0. The Labute approximate surface area is 145 Å². The number of rotatable bonds is 2. The van der Waals surface area contributed by atoms with Crippen LogP contribution in [0.4, 0.5) is 0 Å². The maximum atomic E-state index is 12.9. The second kappa shape index (κ2) is 7.39. The number of carbonyl (C=O) groups is 2. The van der Waals surface area contributed by atoms with E-state index < -0.39 is 0 Å². The van der Waals surface area contributed by atoms with Gasteiger partial charge in [0.25, 0.3) is 0 Å². The first-order chi connectivity index (χ1) is 10.5. The van der Waals surface area contributed by atoms with Crippen molar-refractivity contribution in [3.8, 4) is 0 Å². The highest BCUT2D eigenvalue weighted by Crippen LogP contribution is 2.48. The second-order valence-electron chi connectivity index (χ2n) is 7.60. The van der Waals surface area contributed by atoms with Gasteiger partial charge in [-0.2, -0.15) is 0 Å². The Morgan fingerprint density at radius 1 is 1.00 bits per heavy atom. The molecule has 2 bridgehead atoms. The highest BCUT2D eigenvalue weighted by Gasteiger charge is 2.50. The molecule has 3 aliphatic rings. The quantitative estimate of drug-likeness (QED) is 0.826. The van der Waals surface area contributed by atoms with Crippen LogP contribution < -0.4 is 5.73 Å². The van der Waals surface area contributed by atoms with E-state index in [2.05, 4.69) is 0 Å². The molecule has 2 aliphatic carbocycles. The van der Waals surface area contributed by atoms with Gasteiger partial charge in [0.05, 0.1) is 5.92 Å². The lowest BCUT2D eigenvalue weighted by Crippen LogP contribution is -2.48. The molecule has 0 aromatic heterocycles. The number of fused-ring (bicyclic) bond motifs is 2. The number of nitrogens with zero attached hydrogens (tertiary/aromatic N) is 2. The average molecular weight is 344 g/mol. The van der Waals surface area contributed by atoms with Crippen LogP contribution in [0.15, 0.2) is 0 Å². The molecule has 4 unspecified atom stereocenters.